The summed E-state index contributed by atoms with van der Waals surface area (Å²) in [6.07, 6.45) is 11.6. The Morgan fingerprint density at radius 1 is 1.16 bits per heavy atom. The van der Waals surface area contributed by atoms with Crippen LogP contribution in [0.1, 0.15) is 63.6 Å². The molecular formula is C16H29N3. The molecular weight excluding hydrogens is 234 g/mol. The summed E-state index contributed by atoms with van der Waals surface area (Å²) >= 11 is 0. The minimum atomic E-state index is 0.349. The Morgan fingerprint density at radius 2 is 1.95 bits per heavy atom. The lowest BCUT2D eigenvalue weighted by atomic mass is 10.0. The zero-order valence-corrected chi connectivity index (χ0v) is 12.5. The molecule has 0 aliphatic rings. The van der Waals surface area contributed by atoms with E-state index in [1.165, 1.54) is 37.7 Å². The number of hydrogen-bond acceptors (Lipinski definition) is 3. The van der Waals surface area contributed by atoms with E-state index in [0.717, 1.165) is 25.0 Å². The fourth-order valence-corrected chi connectivity index (χ4v) is 2.28. The Balaban J connectivity index is 2.30. The number of unbranched alkanes of at least 4 members (excludes halogenated alkanes) is 4. The van der Waals surface area contributed by atoms with E-state index in [9.17, 15) is 0 Å². The normalized spacial score (nSPS) is 12.6. The van der Waals surface area contributed by atoms with Gasteiger partial charge in [0.25, 0.3) is 0 Å². The number of aryl methyl sites for hydroxylation is 1. The lowest BCUT2D eigenvalue weighted by Crippen LogP contribution is -2.36. The van der Waals surface area contributed by atoms with Gasteiger partial charge in [0, 0.05) is 24.4 Å². The van der Waals surface area contributed by atoms with Gasteiger partial charge in [-0.2, -0.15) is 0 Å². The molecule has 0 bridgehead atoms. The van der Waals surface area contributed by atoms with Gasteiger partial charge in [0.15, 0.2) is 0 Å². The summed E-state index contributed by atoms with van der Waals surface area (Å²) in [7, 11) is 0. The Kier molecular flexibility index (Phi) is 8.43. The molecule has 0 aliphatic carbocycles. The molecule has 1 aromatic heterocycles. The summed E-state index contributed by atoms with van der Waals surface area (Å²) in [5.41, 5.74) is 5.36. The zero-order valence-electron chi connectivity index (χ0n) is 12.5. The molecule has 0 amide bonds. The molecule has 19 heavy (non-hydrogen) atoms. The van der Waals surface area contributed by atoms with Gasteiger partial charge in [-0.25, -0.2) is 0 Å². The Morgan fingerprint density at radius 3 is 2.53 bits per heavy atom. The van der Waals surface area contributed by atoms with Crippen molar-refractivity contribution in [2.24, 2.45) is 5.84 Å². The van der Waals surface area contributed by atoms with Crippen LogP contribution in [0.3, 0.4) is 0 Å². The van der Waals surface area contributed by atoms with Crippen molar-refractivity contribution in [1.82, 2.24) is 10.4 Å². The molecule has 0 spiro atoms. The smallest absolute Gasteiger partial charge is 0.0419 e. The molecule has 0 fully saturated rings. The summed E-state index contributed by atoms with van der Waals surface area (Å²) in [5, 5.41) is 0. The van der Waals surface area contributed by atoms with Gasteiger partial charge in [0.05, 0.1) is 0 Å². The first-order chi connectivity index (χ1) is 9.30. The maximum absolute atomic E-state index is 5.64. The fraction of sp³-hybridized carbons (Fsp3) is 0.688. The highest BCUT2D eigenvalue weighted by Crippen LogP contribution is 2.10. The third-order valence-electron chi connectivity index (χ3n) is 3.64. The largest absolute Gasteiger partial charge is 0.271 e. The van der Waals surface area contributed by atoms with Gasteiger partial charge in [-0.15, -0.1) is 0 Å². The van der Waals surface area contributed by atoms with Crippen molar-refractivity contribution in [3.8, 4) is 0 Å². The maximum Gasteiger partial charge on any atom is 0.0419 e. The number of nitrogens with zero attached hydrogens (tertiary/aromatic N) is 1. The number of aromatic nitrogens is 1. The highest BCUT2D eigenvalue weighted by molar-refractivity contribution is 5.14. The van der Waals surface area contributed by atoms with Crippen LogP contribution in [0.15, 0.2) is 18.3 Å². The number of nitrogens with one attached hydrogen (secondary N) is 1. The third kappa shape index (κ3) is 6.69. The van der Waals surface area contributed by atoms with Crippen molar-refractivity contribution in [2.45, 2.75) is 71.3 Å². The van der Waals surface area contributed by atoms with Crippen molar-refractivity contribution in [3.63, 3.8) is 0 Å². The van der Waals surface area contributed by atoms with E-state index in [2.05, 4.69) is 36.4 Å². The molecule has 0 saturated heterocycles. The summed E-state index contributed by atoms with van der Waals surface area (Å²) in [6.45, 7) is 4.40. The predicted octanol–water partition coefficient (Wildman–Crippen LogP) is 3.38. The minimum Gasteiger partial charge on any atom is -0.271 e. The number of pyridine rings is 1. The predicted molar refractivity (Wildman–Crippen MR) is 81.8 cm³/mol. The molecule has 1 atom stereocenters. The maximum atomic E-state index is 5.64. The minimum absolute atomic E-state index is 0.349. The lowest BCUT2D eigenvalue weighted by molar-refractivity contribution is 0.457. The van der Waals surface area contributed by atoms with Gasteiger partial charge in [0.2, 0.25) is 0 Å². The molecule has 1 heterocycles. The second-order valence-electron chi connectivity index (χ2n) is 5.28. The molecule has 0 aliphatic heterocycles. The number of rotatable bonds is 10. The fourth-order valence-electron chi connectivity index (χ4n) is 2.28. The van der Waals surface area contributed by atoms with Gasteiger partial charge >= 0.3 is 0 Å². The van der Waals surface area contributed by atoms with E-state index in [-0.39, 0.29) is 0 Å². The molecule has 0 saturated carbocycles. The Bertz CT molecular complexity index is 321. The van der Waals surface area contributed by atoms with E-state index in [4.69, 9.17) is 5.84 Å². The average molecular weight is 263 g/mol. The number of nitrogens with two attached hydrogens (primary N) is 1. The van der Waals surface area contributed by atoms with E-state index in [1.807, 2.05) is 6.20 Å². The van der Waals surface area contributed by atoms with Crippen LogP contribution in [0.5, 0.6) is 0 Å². The van der Waals surface area contributed by atoms with Crippen LogP contribution in [0.2, 0.25) is 0 Å². The molecule has 3 heteroatoms. The lowest BCUT2D eigenvalue weighted by Gasteiger charge is -2.15. The van der Waals surface area contributed by atoms with Gasteiger partial charge < -0.3 is 0 Å². The molecule has 1 unspecified atom stereocenters. The van der Waals surface area contributed by atoms with E-state index in [0.29, 0.717) is 6.04 Å². The topological polar surface area (TPSA) is 50.9 Å². The highest BCUT2D eigenvalue weighted by atomic mass is 15.2. The first-order valence-electron chi connectivity index (χ1n) is 7.70. The molecule has 1 aromatic rings. The second-order valence-corrected chi connectivity index (χ2v) is 5.28. The summed E-state index contributed by atoms with van der Waals surface area (Å²) in [6, 6.07) is 4.64. The van der Waals surface area contributed by atoms with Crippen LogP contribution in [0.4, 0.5) is 0 Å². The average Bonchev–Trinajstić information content (AvgIpc) is 2.46. The molecule has 0 radical (unpaired) electrons. The van der Waals surface area contributed by atoms with Gasteiger partial charge in [-0.1, -0.05) is 52.0 Å². The monoisotopic (exact) mass is 263 g/mol. The van der Waals surface area contributed by atoms with Gasteiger partial charge in [0.1, 0.15) is 0 Å². The van der Waals surface area contributed by atoms with Gasteiger partial charge in [-0.3, -0.25) is 16.3 Å². The highest BCUT2D eigenvalue weighted by Gasteiger charge is 2.08. The van der Waals surface area contributed by atoms with Crippen LogP contribution < -0.4 is 11.3 Å². The SMILES string of the molecule is CCCCCCCC(Cc1ccc(CC)cn1)NN. The van der Waals surface area contributed by atoms with Crippen LogP contribution in [0, 0.1) is 0 Å². The van der Waals surface area contributed by atoms with E-state index < -0.39 is 0 Å². The number of hydrogen-bond donors (Lipinski definition) is 2. The molecule has 0 aromatic carbocycles. The van der Waals surface area contributed by atoms with Crippen LogP contribution in [0.25, 0.3) is 0 Å². The Hall–Kier alpha value is -0.930. The third-order valence-corrected chi connectivity index (χ3v) is 3.64. The standard InChI is InChI=1S/C16H29N3/c1-3-5-6-7-8-9-16(19-17)12-15-11-10-14(4-2)13-18-15/h10-11,13,16,19H,3-9,12,17H2,1-2H3. The molecule has 108 valence electrons. The number of hydrazine groups is 1. The quantitative estimate of drug-likeness (QED) is 0.386. The Labute approximate surface area is 118 Å². The molecule has 3 N–H and O–H groups in total. The van der Waals surface area contributed by atoms with Crippen LogP contribution >= 0.6 is 0 Å². The van der Waals surface area contributed by atoms with Crippen molar-refractivity contribution in [3.05, 3.63) is 29.6 Å². The van der Waals surface area contributed by atoms with Gasteiger partial charge in [-0.05, 0) is 24.5 Å². The summed E-state index contributed by atoms with van der Waals surface area (Å²) in [5.74, 6) is 5.64. The van der Waals surface area contributed by atoms with E-state index in [1.54, 1.807) is 0 Å². The first kappa shape index (κ1) is 16.1. The summed E-state index contributed by atoms with van der Waals surface area (Å²) < 4.78 is 0. The molecule has 1 rings (SSSR count). The molecule has 3 nitrogen and oxygen atoms in total. The zero-order chi connectivity index (χ0) is 13.9. The summed E-state index contributed by atoms with van der Waals surface area (Å²) in [4.78, 5) is 4.50. The van der Waals surface area contributed by atoms with Crippen molar-refractivity contribution < 1.29 is 0 Å². The van der Waals surface area contributed by atoms with Crippen LogP contribution in [-0.2, 0) is 12.8 Å². The van der Waals surface area contributed by atoms with Crippen LogP contribution in [-0.4, -0.2) is 11.0 Å². The van der Waals surface area contributed by atoms with Crippen molar-refractivity contribution in [2.75, 3.05) is 0 Å². The van der Waals surface area contributed by atoms with Crippen molar-refractivity contribution >= 4 is 0 Å². The second kappa shape index (κ2) is 9.93. The van der Waals surface area contributed by atoms with Crippen molar-refractivity contribution in [1.29, 1.82) is 0 Å². The van der Waals surface area contributed by atoms with E-state index >= 15 is 0 Å². The first-order valence-corrected chi connectivity index (χ1v) is 7.70.